The van der Waals surface area contributed by atoms with Crippen LogP contribution in [0.15, 0.2) is 24.3 Å². The van der Waals surface area contributed by atoms with Gasteiger partial charge in [-0.3, -0.25) is 0 Å². The van der Waals surface area contributed by atoms with Gasteiger partial charge in [0.15, 0.2) is 6.04 Å². The van der Waals surface area contributed by atoms with Gasteiger partial charge in [-0.15, -0.1) is 0 Å². The molecule has 1 aliphatic heterocycles. The van der Waals surface area contributed by atoms with E-state index in [1.165, 1.54) is 0 Å². The third-order valence-electron chi connectivity index (χ3n) is 3.61. The largest absolute Gasteiger partial charge is 0.413 e. The van der Waals surface area contributed by atoms with Gasteiger partial charge in [-0.25, -0.2) is 4.79 Å². The molecule has 2 heterocycles. The highest BCUT2D eigenvalue weighted by Crippen LogP contribution is 2.44. The summed E-state index contributed by atoms with van der Waals surface area (Å²) in [6, 6.07) is 3.72. The Labute approximate surface area is 112 Å². The Kier molecular flexibility index (Phi) is 2.67. The summed E-state index contributed by atoms with van der Waals surface area (Å²) in [5.74, 6) is 0. The number of benzene rings is 1. The van der Waals surface area contributed by atoms with Gasteiger partial charge in [0.2, 0.25) is 0 Å². The maximum absolute atomic E-state index is 13.4. The van der Waals surface area contributed by atoms with E-state index in [-0.39, 0.29) is 12.1 Å². The number of carbonyl (C=O) groups is 1. The average molecular weight is 283 g/mol. The molecule has 4 nitrogen and oxygen atoms in total. The number of para-hydroxylation sites is 1. The summed E-state index contributed by atoms with van der Waals surface area (Å²) in [4.78, 5) is 15.0. The zero-order valence-corrected chi connectivity index (χ0v) is 10.4. The first-order valence-corrected chi connectivity index (χ1v) is 6.12. The van der Waals surface area contributed by atoms with E-state index in [0.29, 0.717) is 27.9 Å². The molecule has 1 aromatic heterocycles. The zero-order valence-electron chi connectivity index (χ0n) is 10.4. The van der Waals surface area contributed by atoms with Crippen molar-refractivity contribution in [3.63, 3.8) is 0 Å². The average Bonchev–Trinajstić information content (AvgIpc) is 2.74. The fourth-order valence-electron chi connectivity index (χ4n) is 2.82. The monoisotopic (exact) mass is 283 g/mol. The molecule has 20 heavy (non-hydrogen) atoms. The second-order valence-electron chi connectivity index (χ2n) is 4.79. The predicted molar refractivity (Wildman–Crippen MR) is 67.1 cm³/mol. The Hall–Kier alpha value is -2.18. The summed E-state index contributed by atoms with van der Waals surface area (Å²) in [6.07, 6.45) is -4.23. The van der Waals surface area contributed by atoms with Gasteiger partial charge in [0.05, 0.1) is 0 Å². The second kappa shape index (κ2) is 4.16. The molecular weight excluding hydrogens is 271 g/mol. The number of nitrogens with zero attached hydrogens (tertiary/aromatic N) is 1. The SMILES string of the molecule is NC(=O)N1CCc2[nH]c3ccccc3c2C1C(F)(F)F. The Morgan fingerprint density at radius 2 is 2.05 bits per heavy atom. The Bertz CT molecular complexity index is 677. The van der Waals surface area contributed by atoms with Crippen LogP contribution in [-0.4, -0.2) is 28.6 Å². The van der Waals surface area contributed by atoms with Gasteiger partial charge in [0.1, 0.15) is 0 Å². The van der Waals surface area contributed by atoms with Crippen LogP contribution in [0.5, 0.6) is 0 Å². The van der Waals surface area contributed by atoms with Crippen molar-refractivity contribution in [3.05, 3.63) is 35.5 Å². The first-order valence-electron chi connectivity index (χ1n) is 6.12. The van der Waals surface area contributed by atoms with Crippen molar-refractivity contribution in [2.24, 2.45) is 5.73 Å². The second-order valence-corrected chi connectivity index (χ2v) is 4.79. The first-order chi connectivity index (χ1) is 9.39. The van der Waals surface area contributed by atoms with E-state index in [0.717, 1.165) is 0 Å². The quantitative estimate of drug-likeness (QED) is 0.767. The highest BCUT2D eigenvalue weighted by molar-refractivity contribution is 5.86. The molecule has 0 spiro atoms. The number of nitrogens with one attached hydrogen (secondary N) is 1. The number of alkyl halides is 3. The zero-order chi connectivity index (χ0) is 14.5. The maximum Gasteiger partial charge on any atom is 0.413 e. The van der Waals surface area contributed by atoms with Gasteiger partial charge < -0.3 is 15.6 Å². The number of halogens is 3. The number of aromatic amines is 1. The van der Waals surface area contributed by atoms with Gasteiger partial charge in [-0.2, -0.15) is 13.2 Å². The lowest BCUT2D eigenvalue weighted by atomic mass is 9.95. The van der Waals surface area contributed by atoms with Crippen LogP contribution in [0.3, 0.4) is 0 Å². The molecule has 1 aliphatic rings. The van der Waals surface area contributed by atoms with E-state index >= 15 is 0 Å². The van der Waals surface area contributed by atoms with Gasteiger partial charge in [-0.05, 0) is 6.07 Å². The molecule has 0 aliphatic carbocycles. The fraction of sp³-hybridized carbons (Fsp3) is 0.308. The van der Waals surface area contributed by atoms with Gasteiger partial charge >= 0.3 is 12.2 Å². The summed E-state index contributed by atoms with van der Waals surface area (Å²) in [5, 5.41) is 0.482. The molecule has 0 saturated carbocycles. The lowest BCUT2D eigenvalue weighted by Crippen LogP contribution is -2.48. The van der Waals surface area contributed by atoms with Crippen molar-refractivity contribution >= 4 is 16.9 Å². The smallest absolute Gasteiger partial charge is 0.358 e. The molecule has 106 valence electrons. The van der Waals surface area contributed by atoms with Crippen LogP contribution < -0.4 is 5.73 Å². The van der Waals surface area contributed by atoms with E-state index in [2.05, 4.69) is 4.98 Å². The normalized spacial score (nSPS) is 19.1. The number of hydrogen-bond donors (Lipinski definition) is 2. The fourth-order valence-corrected chi connectivity index (χ4v) is 2.82. The third kappa shape index (κ3) is 1.81. The van der Waals surface area contributed by atoms with Crippen molar-refractivity contribution in [2.75, 3.05) is 6.54 Å². The van der Waals surface area contributed by atoms with E-state index in [1.807, 2.05) is 0 Å². The molecular formula is C13H12F3N3O. The lowest BCUT2D eigenvalue weighted by molar-refractivity contribution is -0.179. The third-order valence-corrected chi connectivity index (χ3v) is 3.61. The van der Waals surface area contributed by atoms with Crippen molar-refractivity contribution in [1.29, 1.82) is 0 Å². The van der Waals surface area contributed by atoms with Crippen molar-refractivity contribution in [3.8, 4) is 0 Å². The van der Waals surface area contributed by atoms with Gasteiger partial charge in [0.25, 0.3) is 0 Å². The van der Waals surface area contributed by atoms with Crippen LogP contribution in [-0.2, 0) is 6.42 Å². The standard InChI is InChI=1S/C13H12F3N3O/c14-13(15,16)11-10-7-3-1-2-4-8(7)18-9(10)5-6-19(11)12(17)20/h1-4,11,18H,5-6H2,(H2,17,20). The molecule has 3 rings (SSSR count). The summed E-state index contributed by atoms with van der Waals surface area (Å²) < 4.78 is 40.1. The molecule has 1 unspecified atom stereocenters. The molecule has 0 bridgehead atoms. The van der Waals surface area contributed by atoms with E-state index in [1.54, 1.807) is 24.3 Å². The maximum atomic E-state index is 13.4. The van der Waals surface area contributed by atoms with E-state index < -0.39 is 18.2 Å². The number of urea groups is 1. The number of amides is 2. The number of aromatic nitrogens is 1. The topological polar surface area (TPSA) is 62.1 Å². The van der Waals surface area contributed by atoms with Crippen LogP contribution in [0.4, 0.5) is 18.0 Å². The number of rotatable bonds is 0. The number of fused-ring (bicyclic) bond motifs is 3. The minimum Gasteiger partial charge on any atom is -0.358 e. The summed E-state index contributed by atoms with van der Waals surface area (Å²) >= 11 is 0. The van der Waals surface area contributed by atoms with Crippen LogP contribution in [0, 0.1) is 0 Å². The Morgan fingerprint density at radius 3 is 2.70 bits per heavy atom. The van der Waals surface area contributed by atoms with Crippen molar-refractivity contribution in [1.82, 2.24) is 9.88 Å². The highest BCUT2D eigenvalue weighted by Gasteiger charge is 2.50. The van der Waals surface area contributed by atoms with Gasteiger partial charge in [-0.1, -0.05) is 18.2 Å². The van der Waals surface area contributed by atoms with Crippen LogP contribution in [0.1, 0.15) is 17.3 Å². The summed E-state index contributed by atoms with van der Waals surface area (Å²) in [7, 11) is 0. The van der Waals surface area contributed by atoms with Crippen LogP contribution in [0.2, 0.25) is 0 Å². The van der Waals surface area contributed by atoms with Crippen LogP contribution >= 0.6 is 0 Å². The summed E-state index contributed by atoms with van der Waals surface area (Å²) in [5.41, 5.74) is 6.37. The molecule has 1 aromatic carbocycles. The van der Waals surface area contributed by atoms with Crippen molar-refractivity contribution in [2.45, 2.75) is 18.6 Å². The van der Waals surface area contributed by atoms with Crippen LogP contribution in [0.25, 0.3) is 10.9 Å². The molecule has 0 radical (unpaired) electrons. The Morgan fingerprint density at radius 1 is 1.35 bits per heavy atom. The number of primary amides is 1. The highest BCUT2D eigenvalue weighted by atomic mass is 19.4. The minimum absolute atomic E-state index is 0.0423. The number of nitrogens with two attached hydrogens (primary N) is 1. The molecule has 7 heteroatoms. The predicted octanol–water partition coefficient (Wildman–Crippen LogP) is 2.71. The summed E-state index contributed by atoms with van der Waals surface area (Å²) in [6.45, 7) is -0.0423. The Balaban J connectivity index is 2.25. The molecule has 0 fully saturated rings. The molecule has 0 saturated heterocycles. The van der Waals surface area contributed by atoms with E-state index in [9.17, 15) is 18.0 Å². The van der Waals surface area contributed by atoms with Gasteiger partial charge in [0, 0.05) is 35.1 Å². The molecule has 2 aromatic rings. The van der Waals surface area contributed by atoms with E-state index in [4.69, 9.17) is 5.73 Å². The lowest BCUT2D eigenvalue weighted by Gasteiger charge is -2.35. The minimum atomic E-state index is -4.56. The number of hydrogen-bond acceptors (Lipinski definition) is 1. The molecule has 1 atom stereocenters. The molecule has 3 N–H and O–H groups in total. The van der Waals surface area contributed by atoms with Crippen molar-refractivity contribution < 1.29 is 18.0 Å². The molecule has 2 amide bonds. The number of carbonyl (C=O) groups excluding carboxylic acids is 1. The first kappa shape index (κ1) is 12.8. The number of H-pyrrole nitrogens is 1.